The molecule has 0 aromatic rings. The molecule has 0 amide bonds. The largest absolute Gasteiger partial charge is 0.198 e. The van der Waals surface area contributed by atoms with Gasteiger partial charge in [0.25, 0.3) is 0 Å². The Morgan fingerprint density at radius 1 is 0.370 bits per heavy atom. The summed E-state index contributed by atoms with van der Waals surface area (Å²) < 4.78 is 0. The lowest BCUT2D eigenvalue weighted by atomic mass is 10.0. The second-order valence-corrected chi connectivity index (χ2v) is 8.69. The van der Waals surface area contributed by atoms with Crippen molar-refractivity contribution in [1.82, 2.24) is 0 Å². The lowest BCUT2D eigenvalue weighted by Gasteiger charge is -2.04. The molecule has 0 heterocycles. The van der Waals surface area contributed by atoms with Gasteiger partial charge in [-0.15, -0.1) is 0 Å². The van der Waals surface area contributed by atoms with Crippen molar-refractivity contribution in [3.8, 4) is 6.07 Å². The molecular formula is C26H51N. The molecule has 0 saturated heterocycles. The van der Waals surface area contributed by atoms with Crippen molar-refractivity contribution >= 4 is 0 Å². The Morgan fingerprint density at radius 2 is 0.593 bits per heavy atom. The predicted octanol–water partition coefficient (Wildman–Crippen LogP) is 9.89. The molecule has 0 aromatic heterocycles. The van der Waals surface area contributed by atoms with Crippen molar-refractivity contribution in [3.63, 3.8) is 0 Å². The van der Waals surface area contributed by atoms with Gasteiger partial charge in [-0.05, 0) is 6.42 Å². The van der Waals surface area contributed by atoms with Crippen molar-refractivity contribution in [1.29, 1.82) is 5.26 Å². The van der Waals surface area contributed by atoms with Gasteiger partial charge in [0.15, 0.2) is 0 Å². The first-order valence-corrected chi connectivity index (χ1v) is 12.8. The van der Waals surface area contributed by atoms with Crippen LogP contribution >= 0.6 is 0 Å². The van der Waals surface area contributed by atoms with Gasteiger partial charge in [0, 0.05) is 6.42 Å². The van der Waals surface area contributed by atoms with E-state index in [1.54, 1.807) is 0 Å². The molecule has 0 fully saturated rings. The number of hydrogen-bond donors (Lipinski definition) is 0. The third-order valence-corrected chi connectivity index (χ3v) is 5.89. The second-order valence-electron chi connectivity index (χ2n) is 8.69. The Balaban J connectivity index is 2.96. The molecule has 0 aromatic carbocycles. The van der Waals surface area contributed by atoms with E-state index in [1.165, 1.54) is 141 Å². The van der Waals surface area contributed by atoms with Gasteiger partial charge in [-0.3, -0.25) is 0 Å². The van der Waals surface area contributed by atoms with Gasteiger partial charge in [0.2, 0.25) is 0 Å². The molecule has 1 nitrogen and oxygen atoms in total. The van der Waals surface area contributed by atoms with Crippen molar-refractivity contribution in [3.05, 3.63) is 0 Å². The number of hydrogen-bond acceptors (Lipinski definition) is 1. The molecule has 0 atom stereocenters. The lowest BCUT2D eigenvalue weighted by molar-refractivity contribution is 0.518. The molecule has 0 saturated carbocycles. The fourth-order valence-electron chi connectivity index (χ4n) is 3.99. The van der Waals surface area contributed by atoms with E-state index < -0.39 is 0 Å². The van der Waals surface area contributed by atoms with Crippen molar-refractivity contribution in [2.75, 3.05) is 0 Å². The van der Waals surface area contributed by atoms with Crippen LogP contribution in [0.3, 0.4) is 0 Å². The topological polar surface area (TPSA) is 23.8 Å². The molecule has 0 radical (unpaired) electrons. The van der Waals surface area contributed by atoms with E-state index in [1.807, 2.05) is 0 Å². The summed E-state index contributed by atoms with van der Waals surface area (Å²) >= 11 is 0. The van der Waals surface area contributed by atoms with E-state index in [9.17, 15) is 0 Å². The third kappa shape index (κ3) is 25.5. The van der Waals surface area contributed by atoms with Crippen molar-refractivity contribution in [2.24, 2.45) is 0 Å². The molecule has 0 aliphatic rings. The molecule has 0 rings (SSSR count). The Hall–Kier alpha value is -0.510. The highest BCUT2D eigenvalue weighted by molar-refractivity contribution is 4.67. The summed E-state index contributed by atoms with van der Waals surface area (Å²) in [5.41, 5.74) is 0. The SMILES string of the molecule is CCCCCCCCCCCCCCCCCCCCCCCCCC#N. The third-order valence-electron chi connectivity index (χ3n) is 5.89. The highest BCUT2D eigenvalue weighted by atomic mass is 14.2. The normalized spacial score (nSPS) is 11.0. The van der Waals surface area contributed by atoms with Gasteiger partial charge in [0.05, 0.1) is 6.07 Å². The Morgan fingerprint density at radius 3 is 0.815 bits per heavy atom. The van der Waals surface area contributed by atoms with Crippen molar-refractivity contribution < 1.29 is 0 Å². The molecule has 0 bridgehead atoms. The van der Waals surface area contributed by atoms with E-state index in [0.717, 1.165) is 12.8 Å². The average molecular weight is 378 g/mol. The van der Waals surface area contributed by atoms with Crippen LogP contribution in [0.2, 0.25) is 0 Å². The number of unbranched alkanes of at least 4 members (excludes halogenated alkanes) is 23. The molecular weight excluding hydrogens is 326 g/mol. The van der Waals surface area contributed by atoms with E-state index in [2.05, 4.69) is 13.0 Å². The van der Waals surface area contributed by atoms with Gasteiger partial charge in [0.1, 0.15) is 0 Å². The zero-order valence-electron chi connectivity index (χ0n) is 18.9. The Kier molecular flexibility index (Phi) is 25.0. The second kappa shape index (κ2) is 25.5. The minimum absolute atomic E-state index is 0.749. The van der Waals surface area contributed by atoms with Gasteiger partial charge in [-0.2, -0.15) is 5.26 Å². The van der Waals surface area contributed by atoms with E-state index in [-0.39, 0.29) is 0 Å². The minimum atomic E-state index is 0.749. The highest BCUT2D eigenvalue weighted by Gasteiger charge is 1.95. The van der Waals surface area contributed by atoms with E-state index in [4.69, 9.17) is 5.26 Å². The summed E-state index contributed by atoms with van der Waals surface area (Å²) in [6.45, 7) is 2.30. The summed E-state index contributed by atoms with van der Waals surface area (Å²) in [5, 5.41) is 8.49. The van der Waals surface area contributed by atoms with Crippen LogP contribution in [0, 0.1) is 11.3 Å². The maximum Gasteiger partial charge on any atom is 0.0621 e. The van der Waals surface area contributed by atoms with E-state index in [0.29, 0.717) is 0 Å². The number of rotatable bonds is 23. The predicted molar refractivity (Wildman–Crippen MR) is 122 cm³/mol. The number of nitrogens with zero attached hydrogens (tertiary/aromatic N) is 1. The standard InChI is InChI=1S/C26H51N/c1-2-3-4-5-6-7-8-9-10-11-12-13-14-15-16-17-18-19-20-21-22-23-24-25-26-27/h2-25H2,1H3. The maximum absolute atomic E-state index is 8.49. The summed E-state index contributed by atoms with van der Waals surface area (Å²) in [6, 6.07) is 2.23. The van der Waals surface area contributed by atoms with Crippen LogP contribution in [0.4, 0.5) is 0 Å². The molecule has 0 unspecified atom stereocenters. The summed E-state index contributed by atoms with van der Waals surface area (Å²) in [5.74, 6) is 0. The fraction of sp³-hybridized carbons (Fsp3) is 0.962. The molecule has 0 spiro atoms. The lowest BCUT2D eigenvalue weighted by Crippen LogP contribution is -1.84. The monoisotopic (exact) mass is 377 g/mol. The van der Waals surface area contributed by atoms with Crippen LogP contribution in [-0.4, -0.2) is 0 Å². The first kappa shape index (κ1) is 26.5. The highest BCUT2D eigenvalue weighted by Crippen LogP contribution is 2.15. The molecule has 0 aliphatic heterocycles. The number of nitriles is 1. The minimum Gasteiger partial charge on any atom is -0.198 e. The van der Waals surface area contributed by atoms with Gasteiger partial charge in [-0.1, -0.05) is 148 Å². The Labute approximate surface area is 172 Å². The van der Waals surface area contributed by atoms with Gasteiger partial charge >= 0.3 is 0 Å². The van der Waals surface area contributed by atoms with Gasteiger partial charge in [-0.25, -0.2) is 0 Å². The van der Waals surface area contributed by atoms with Crippen LogP contribution in [0.25, 0.3) is 0 Å². The quantitative estimate of drug-likeness (QED) is 0.162. The molecule has 1 heteroatoms. The molecule has 0 N–H and O–H groups in total. The zero-order chi connectivity index (χ0) is 19.7. The smallest absolute Gasteiger partial charge is 0.0621 e. The molecule has 160 valence electrons. The van der Waals surface area contributed by atoms with Crippen LogP contribution in [0.1, 0.15) is 161 Å². The van der Waals surface area contributed by atoms with Gasteiger partial charge < -0.3 is 0 Å². The molecule has 0 aliphatic carbocycles. The summed E-state index contributed by atoms with van der Waals surface area (Å²) in [4.78, 5) is 0. The maximum atomic E-state index is 8.49. The van der Waals surface area contributed by atoms with Crippen LogP contribution in [0.5, 0.6) is 0 Å². The first-order chi connectivity index (χ1) is 13.4. The summed E-state index contributed by atoms with van der Waals surface area (Å²) in [6.07, 6.45) is 33.5. The zero-order valence-corrected chi connectivity index (χ0v) is 18.9. The fourth-order valence-corrected chi connectivity index (χ4v) is 3.99. The molecule has 27 heavy (non-hydrogen) atoms. The van der Waals surface area contributed by atoms with Crippen LogP contribution in [0.15, 0.2) is 0 Å². The van der Waals surface area contributed by atoms with Crippen molar-refractivity contribution in [2.45, 2.75) is 161 Å². The van der Waals surface area contributed by atoms with Crippen LogP contribution in [-0.2, 0) is 0 Å². The van der Waals surface area contributed by atoms with Crippen LogP contribution < -0.4 is 0 Å². The Bertz CT molecular complexity index is 291. The average Bonchev–Trinajstić information content (AvgIpc) is 2.68. The van der Waals surface area contributed by atoms with E-state index >= 15 is 0 Å². The first-order valence-electron chi connectivity index (χ1n) is 12.8. The summed E-state index contributed by atoms with van der Waals surface area (Å²) in [7, 11) is 0.